The molecule has 0 bridgehead atoms. The Bertz CT molecular complexity index is 657. The number of methoxy groups -OCH3 is 1. The molecule has 2 N–H and O–H groups in total. The van der Waals surface area contributed by atoms with E-state index in [4.69, 9.17) is 32.7 Å². The second-order valence-corrected chi connectivity index (χ2v) is 6.27. The van der Waals surface area contributed by atoms with E-state index >= 15 is 0 Å². The molecule has 0 spiro atoms. The molecule has 0 heterocycles. The Morgan fingerprint density at radius 1 is 1.12 bits per heavy atom. The molecular formula is C18H21Cl2NO3. The molecule has 0 aliphatic carbocycles. The zero-order chi connectivity index (χ0) is 17.5. The lowest BCUT2D eigenvalue weighted by Crippen LogP contribution is -2.23. The molecule has 0 aromatic heterocycles. The summed E-state index contributed by atoms with van der Waals surface area (Å²) in [5.41, 5.74) is 1.78. The number of rotatable bonds is 8. The lowest BCUT2D eigenvalue weighted by Gasteiger charge is -2.14. The van der Waals surface area contributed by atoms with Gasteiger partial charge in [-0.15, -0.1) is 0 Å². The van der Waals surface area contributed by atoms with Crippen molar-refractivity contribution in [1.82, 2.24) is 5.32 Å². The van der Waals surface area contributed by atoms with Gasteiger partial charge in [0.15, 0.2) is 11.5 Å². The van der Waals surface area contributed by atoms with Crippen molar-refractivity contribution in [3.63, 3.8) is 0 Å². The molecule has 2 aromatic carbocycles. The second kappa shape index (κ2) is 9.14. The van der Waals surface area contributed by atoms with E-state index in [9.17, 15) is 5.11 Å². The Balaban J connectivity index is 2.05. The molecule has 2 rings (SSSR count). The number of ether oxygens (including phenoxy) is 2. The average molecular weight is 370 g/mol. The third kappa shape index (κ3) is 5.28. The van der Waals surface area contributed by atoms with Crippen LogP contribution in [0.25, 0.3) is 0 Å². The Kier molecular flexibility index (Phi) is 7.18. The minimum atomic E-state index is -0.380. The molecule has 24 heavy (non-hydrogen) atoms. The number of hydrogen-bond donors (Lipinski definition) is 2. The van der Waals surface area contributed by atoms with Crippen LogP contribution in [0.15, 0.2) is 36.4 Å². The first-order valence-electron chi connectivity index (χ1n) is 7.62. The zero-order valence-corrected chi connectivity index (χ0v) is 15.2. The van der Waals surface area contributed by atoms with Crippen LogP contribution >= 0.6 is 23.2 Å². The summed E-state index contributed by atoms with van der Waals surface area (Å²) in [6, 6.07) is 11.0. The average Bonchev–Trinajstić information content (AvgIpc) is 2.54. The third-order valence-corrected chi connectivity index (χ3v) is 4.14. The van der Waals surface area contributed by atoms with E-state index in [1.807, 2.05) is 18.2 Å². The van der Waals surface area contributed by atoms with Crippen LogP contribution in [0.3, 0.4) is 0 Å². The van der Waals surface area contributed by atoms with E-state index in [-0.39, 0.29) is 12.7 Å². The summed E-state index contributed by atoms with van der Waals surface area (Å²) in [6.07, 6.45) is -0.380. The molecule has 6 heteroatoms. The highest BCUT2D eigenvalue weighted by molar-refractivity contribution is 6.35. The molecule has 0 unspecified atom stereocenters. The van der Waals surface area contributed by atoms with Gasteiger partial charge in [-0.05, 0) is 36.8 Å². The van der Waals surface area contributed by atoms with Gasteiger partial charge in [0.2, 0.25) is 0 Å². The quantitative estimate of drug-likeness (QED) is 0.736. The lowest BCUT2D eigenvalue weighted by atomic mass is 10.2. The number of aliphatic hydroxyl groups is 1. The van der Waals surface area contributed by atoms with Crippen molar-refractivity contribution in [1.29, 1.82) is 0 Å². The first-order chi connectivity index (χ1) is 11.5. The minimum absolute atomic E-state index is 0.258. The second-order valence-electron chi connectivity index (χ2n) is 5.45. The van der Waals surface area contributed by atoms with Crippen LogP contribution in [0.4, 0.5) is 0 Å². The van der Waals surface area contributed by atoms with Crippen LogP contribution in [0, 0.1) is 0 Å². The molecule has 0 aliphatic rings. The predicted molar refractivity (Wildman–Crippen MR) is 97.2 cm³/mol. The fraction of sp³-hybridized carbons (Fsp3) is 0.333. The first-order valence-corrected chi connectivity index (χ1v) is 8.38. The molecular weight excluding hydrogens is 349 g/mol. The monoisotopic (exact) mass is 369 g/mol. The van der Waals surface area contributed by atoms with Crippen LogP contribution in [0.1, 0.15) is 18.1 Å². The van der Waals surface area contributed by atoms with Crippen molar-refractivity contribution in [2.24, 2.45) is 0 Å². The Labute approximate surface area is 152 Å². The van der Waals surface area contributed by atoms with Gasteiger partial charge < -0.3 is 19.9 Å². The van der Waals surface area contributed by atoms with E-state index in [2.05, 4.69) is 5.32 Å². The maximum absolute atomic E-state index is 9.27. The number of aliphatic hydroxyl groups excluding tert-OH is 1. The Hall–Kier alpha value is -1.46. The van der Waals surface area contributed by atoms with Crippen LogP contribution in [-0.4, -0.2) is 24.9 Å². The van der Waals surface area contributed by atoms with Crippen molar-refractivity contribution in [3.8, 4) is 11.5 Å². The van der Waals surface area contributed by atoms with Gasteiger partial charge in [-0.25, -0.2) is 0 Å². The van der Waals surface area contributed by atoms with E-state index < -0.39 is 0 Å². The fourth-order valence-corrected chi connectivity index (χ4v) is 2.69. The van der Waals surface area contributed by atoms with Crippen molar-refractivity contribution in [2.75, 3.05) is 13.7 Å². The molecule has 0 radical (unpaired) electrons. The van der Waals surface area contributed by atoms with E-state index in [1.54, 1.807) is 32.2 Å². The predicted octanol–water partition coefficient (Wildman–Crippen LogP) is 4.05. The molecule has 4 nitrogen and oxygen atoms in total. The van der Waals surface area contributed by atoms with Crippen LogP contribution in [0.5, 0.6) is 11.5 Å². The summed E-state index contributed by atoms with van der Waals surface area (Å²) in [6.45, 7) is 3.17. The van der Waals surface area contributed by atoms with Crippen LogP contribution in [0.2, 0.25) is 10.0 Å². The van der Waals surface area contributed by atoms with Crippen molar-refractivity contribution >= 4 is 23.2 Å². The highest BCUT2D eigenvalue weighted by Gasteiger charge is 2.10. The van der Waals surface area contributed by atoms with Gasteiger partial charge >= 0.3 is 0 Å². The summed E-state index contributed by atoms with van der Waals surface area (Å²) >= 11 is 12.3. The van der Waals surface area contributed by atoms with Crippen molar-refractivity contribution < 1.29 is 14.6 Å². The highest BCUT2D eigenvalue weighted by Crippen LogP contribution is 2.31. The summed E-state index contributed by atoms with van der Waals surface area (Å²) < 4.78 is 11.2. The van der Waals surface area contributed by atoms with Gasteiger partial charge in [-0.2, -0.15) is 0 Å². The summed E-state index contributed by atoms with van der Waals surface area (Å²) in [4.78, 5) is 0. The van der Waals surface area contributed by atoms with Gasteiger partial charge in [0, 0.05) is 28.7 Å². The molecule has 0 fully saturated rings. The van der Waals surface area contributed by atoms with Crippen LogP contribution in [-0.2, 0) is 13.2 Å². The fourth-order valence-electron chi connectivity index (χ4n) is 2.19. The topological polar surface area (TPSA) is 50.7 Å². The van der Waals surface area contributed by atoms with Gasteiger partial charge in [0.25, 0.3) is 0 Å². The number of halogens is 2. The minimum Gasteiger partial charge on any atom is -0.493 e. The molecule has 0 aliphatic heterocycles. The molecule has 1 atom stereocenters. The maximum Gasteiger partial charge on any atom is 0.161 e. The number of hydrogen-bond acceptors (Lipinski definition) is 4. The van der Waals surface area contributed by atoms with Gasteiger partial charge in [0.05, 0.1) is 13.2 Å². The van der Waals surface area contributed by atoms with Crippen molar-refractivity contribution in [3.05, 3.63) is 57.6 Å². The summed E-state index contributed by atoms with van der Waals surface area (Å²) in [5.74, 6) is 1.25. The normalized spacial score (nSPS) is 12.0. The lowest BCUT2D eigenvalue weighted by molar-refractivity contribution is 0.191. The molecule has 0 saturated carbocycles. The maximum atomic E-state index is 9.27. The Morgan fingerprint density at radius 2 is 1.83 bits per heavy atom. The van der Waals surface area contributed by atoms with Gasteiger partial charge in [-0.1, -0.05) is 35.3 Å². The van der Waals surface area contributed by atoms with E-state index in [0.29, 0.717) is 34.6 Å². The molecule has 0 saturated heterocycles. The smallest absolute Gasteiger partial charge is 0.161 e. The summed E-state index contributed by atoms with van der Waals surface area (Å²) in [7, 11) is 1.59. The highest BCUT2D eigenvalue weighted by atomic mass is 35.5. The third-order valence-electron chi connectivity index (χ3n) is 3.43. The van der Waals surface area contributed by atoms with Crippen molar-refractivity contribution in [2.45, 2.75) is 26.2 Å². The largest absolute Gasteiger partial charge is 0.493 e. The van der Waals surface area contributed by atoms with Gasteiger partial charge in [0.1, 0.15) is 6.61 Å². The summed E-state index contributed by atoms with van der Waals surface area (Å²) in [5, 5.41) is 13.6. The molecule has 130 valence electrons. The van der Waals surface area contributed by atoms with E-state index in [1.165, 1.54) is 0 Å². The Morgan fingerprint density at radius 3 is 2.46 bits per heavy atom. The SMILES string of the molecule is COc1cc(CNC[C@@H](C)O)ccc1OCc1c(Cl)cccc1Cl. The molecule has 0 amide bonds. The van der Waals surface area contributed by atoms with Gasteiger partial charge in [-0.3, -0.25) is 0 Å². The first kappa shape index (κ1) is 18.9. The van der Waals surface area contributed by atoms with Crippen LogP contribution < -0.4 is 14.8 Å². The molecule has 2 aromatic rings. The number of benzene rings is 2. The standard InChI is InChI=1S/C18H21Cl2NO3/c1-12(22)9-21-10-13-6-7-17(18(8-13)23-2)24-11-14-15(19)4-3-5-16(14)20/h3-8,12,21-22H,9-11H2,1-2H3/t12-/m1/s1. The number of nitrogens with one attached hydrogen (secondary N) is 1. The zero-order valence-electron chi connectivity index (χ0n) is 13.7. The van der Waals surface area contributed by atoms with E-state index in [0.717, 1.165) is 11.1 Å².